The van der Waals surface area contributed by atoms with Crippen molar-refractivity contribution in [3.05, 3.63) is 41.3 Å². The lowest BCUT2D eigenvalue weighted by atomic mass is 10.0. The van der Waals surface area contributed by atoms with Crippen molar-refractivity contribution in [2.24, 2.45) is 5.92 Å². The second kappa shape index (κ2) is 18.8. The molecule has 2 saturated carbocycles. The number of aromatic nitrogens is 2. The topological polar surface area (TPSA) is 210 Å². The molecule has 2 aromatic heterocycles. The zero-order valence-corrected chi connectivity index (χ0v) is 37.8. The molecular weight excluding hydrogens is 837 g/mol. The molecule has 5 atom stereocenters. The Kier molecular flexibility index (Phi) is 13.6. The van der Waals surface area contributed by atoms with E-state index in [0.29, 0.717) is 53.1 Å². The van der Waals surface area contributed by atoms with Crippen LogP contribution in [0.25, 0.3) is 22.3 Å². The average Bonchev–Trinajstić information content (AvgIpc) is 3.65. The maximum absolute atomic E-state index is 14.8. The minimum Gasteiger partial charge on any atom is -0.496 e. The van der Waals surface area contributed by atoms with Crippen molar-refractivity contribution in [2.45, 2.75) is 127 Å². The number of nitrogens with zero attached hydrogens (tertiary/aromatic N) is 4. The SMILES string of the molecule is COc1ccc2c(O[C@@H]3C[C@H]4C(=O)N[C@]5(C(=O)NS(=O)(=O)N(C)C)CC5C=CCCCCC[C@H](NC(=O)OC5CCCC5)C(=O)N4C3)cc(-c3csc(NC(C)C)n3)nc2c1C. The van der Waals surface area contributed by atoms with Crippen molar-refractivity contribution in [2.75, 3.05) is 33.1 Å². The average molecular weight is 895 g/mol. The first-order valence-corrected chi connectivity index (χ1v) is 23.8. The third-order valence-electron chi connectivity index (χ3n) is 12.1. The van der Waals surface area contributed by atoms with Crippen molar-refractivity contribution in [3.63, 3.8) is 0 Å². The van der Waals surface area contributed by atoms with Gasteiger partial charge in [0.1, 0.15) is 47.0 Å². The maximum atomic E-state index is 14.8. The van der Waals surface area contributed by atoms with E-state index in [1.807, 2.05) is 50.4 Å². The van der Waals surface area contributed by atoms with E-state index < -0.39 is 63.7 Å². The summed E-state index contributed by atoms with van der Waals surface area (Å²) in [5.74, 6) is -1.38. The van der Waals surface area contributed by atoms with Crippen LogP contribution in [0.1, 0.15) is 90.0 Å². The van der Waals surface area contributed by atoms with Crippen molar-refractivity contribution < 1.29 is 41.8 Å². The van der Waals surface area contributed by atoms with Crippen molar-refractivity contribution in [3.8, 4) is 22.9 Å². The van der Waals surface area contributed by atoms with Crippen LogP contribution in [0.5, 0.6) is 11.5 Å². The van der Waals surface area contributed by atoms with E-state index in [1.165, 1.54) is 30.3 Å². The van der Waals surface area contributed by atoms with Gasteiger partial charge in [-0.25, -0.2) is 19.5 Å². The highest BCUT2D eigenvalue weighted by Gasteiger charge is 2.62. The fraction of sp³-hybridized carbons (Fsp3) is 0.581. The van der Waals surface area contributed by atoms with Gasteiger partial charge in [-0.3, -0.25) is 14.4 Å². The van der Waals surface area contributed by atoms with Crippen LogP contribution < -0.4 is 30.1 Å². The van der Waals surface area contributed by atoms with Gasteiger partial charge in [-0.2, -0.15) is 12.7 Å². The van der Waals surface area contributed by atoms with Gasteiger partial charge in [0.25, 0.3) is 5.91 Å². The summed E-state index contributed by atoms with van der Waals surface area (Å²) in [6.07, 6.45) is 8.94. The van der Waals surface area contributed by atoms with Gasteiger partial charge in [-0.05, 0) is 84.3 Å². The molecule has 4 heterocycles. The second-order valence-electron chi connectivity index (χ2n) is 17.2. The van der Waals surface area contributed by atoms with E-state index in [-0.39, 0.29) is 31.5 Å². The van der Waals surface area contributed by atoms with Gasteiger partial charge >= 0.3 is 16.3 Å². The molecule has 2 aliphatic carbocycles. The number of fused-ring (bicyclic) bond motifs is 3. The number of ether oxygens (including phenoxy) is 3. The molecule has 0 radical (unpaired) electrons. The molecule has 62 heavy (non-hydrogen) atoms. The van der Waals surface area contributed by atoms with E-state index in [1.54, 1.807) is 13.2 Å². The Hall–Kier alpha value is -5.01. The molecule has 0 bridgehead atoms. The number of hydrogen-bond donors (Lipinski definition) is 4. The summed E-state index contributed by atoms with van der Waals surface area (Å²) in [5, 5.41) is 12.4. The normalized spacial score (nSPS) is 24.8. The molecule has 1 aromatic carbocycles. The molecule has 4 N–H and O–H groups in total. The van der Waals surface area contributed by atoms with E-state index in [4.69, 9.17) is 24.2 Å². The van der Waals surface area contributed by atoms with Gasteiger partial charge in [0.15, 0.2) is 5.13 Å². The molecule has 4 amide bonds. The number of nitrogens with one attached hydrogen (secondary N) is 4. The lowest BCUT2D eigenvalue weighted by molar-refractivity contribution is -0.141. The highest BCUT2D eigenvalue weighted by atomic mass is 32.2. The van der Waals surface area contributed by atoms with E-state index in [0.717, 1.165) is 53.5 Å². The molecule has 3 aromatic rings. The number of carbonyl (C=O) groups is 4. The van der Waals surface area contributed by atoms with Crippen LogP contribution in [0.15, 0.2) is 35.7 Å². The number of thiazole rings is 1. The zero-order chi connectivity index (χ0) is 44.3. The molecule has 0 spiro atoms. The van der Waals surface area contributed by atoms with Crippen LogP contribution in [0.2, 0.25) is 0 Å². The number of methoxy groups -OCH3 is 1. The second-order valence-corrected chi connectivity index (χ2v) is 19.9. The van der Waals surface area contributed by atoms with Crippen LogP contribution in [-0.4, -0.2) is 115 Å². The third kappa shape index (κ3) is 9.94. The van der Waals surface area contributed by atoms with Gasteiger partial charge in [0.2, 0.25) is 11.8 Å². The Morgan fingerprint density at radius 3 is 2.50 bits per heavy atom. The standard InChI is InChI=1S/C43H58N8O9S2/c1-25(2)44-41-46-33(24-61-41)32-21-36(30-18-19-35(58-6)26(3)37(30)45-32)59-29-20-34-38(52)48-43(40(54)49-62(56,57)50(4)5)22-27(43)14-10-8-7-9-11-17-31(39(53)51(34)23-29)47-42(55)60-28-15-12-13-16-28/h10,14,18-19,21,24-25,27-29,31,34H,7-9,11-13,15-17,20,22-23H2,1-6H3,(H,44,46)(H,47,55)(H,48,52)(H,49,54)/t27?,29-,31+,34+,43-/m1/s1. The first kappa shape index (κ1) is 45.0. The molecule has 7 rings (SSSR count). The van der Waals surface area contributed by atoms with Gasteiger partial charge in [0, 0.05) is 54.9 Å². The number of alkyl carbamates (subject to hydrolysis) is 1. The molecule has 4 aliphatic rings. The van der Waals surface area contributed by atoms with Crippen molar-refractivity contribution in [1.29, 1.82) is 0 Å². The fourth-order valence-electron chi connectivity index (χ4n) is 8.51. The predicted octanol–water partition coefficient (Wildman–Crippen LogP) is 5.20. The number of anilines is 1. The van der Waals surface area contributed by atoms with Crippen LogP contribution in [0, 0.1) is 12.8 Å². The number of amides is 4. The monoisotopic (exact) mass is 894 g/mol. The molecule has 1 unspecified atom stereocenters. The first-order valence-electron chi connectivity index (χ1n) is 21.5. The van der Waals surface area contributed by atoms with Gasteiger partial charge < -0.3 is 35.1 Å². The molecular formula is C43H58N8O9S2. The van der Waals surface area contributed by atoms with Crippen LogP contribution in [-0.2, 0) is 29.3 Å². The molecule has 2 aliphatic heterocycles. The minimum absolute atomic E-state index is 0.0262. The minimum atomic E-state index is -4.19. The molecule has 19 heteroatoms. The lowest BCUT2D eigenvalue weighted by Gasteiger charge is -2.30. The Morgan fingerprint density at radius 2 is 1.77 bits per heavy atom. The van der Waals surface area contributed by atoms with Crippen LogP contribution in [0.4, 0.5) is 9.93 Å². The summed E-state index contributed by atoms with van der Waals surface area (Å²) in [7, 11) is -0.00219. The summed E-state index contributed by atoms with van der Waals surface area (Å²) in [6.45, 7) is 5.94. The third-order valence-corrected chi connectivity index (χ3v) is 14.2. The number of allylic oxidation sites excluding steroid dienone is 1. The fourth-order valence-corrected chi connectivity index (χ4v) is 9.96. The number of pyridine rings is 1. The molecule has 3 fully saturated rings. The Balaban J connectivity index is 1.24. The molecule has 17 nitrogen and oxygen atoms in total. The maximum Gasteiger partial charge on any atom is 0.408 e. The highest BCUT2D eigenvalue weighted by Crippen LogP contribution is 2.46. The van der Waals surface area contributed by atoms with E-state index in [2.05, 4.69) is 20.7 Å². The smallest absolute Gasteiger partial charge is 0.408 e. The Labute approximate surface area is 366 Å². The number of aryl methyl sites for hydroxylation is 1. The van der Waals surface area contributed by atoms with Crippen LogP contribution >= 0.6 is 11.3 Å². The van der Waals surface area contributed by atoms with E-state index >= 15 is 0 Å². The number of rotatable bonds is 11. The Morgan fingerprint density at radius 1 is 1.02 bits per heavy atom. The number of hydrogen-bond acceptors (Lipinski definition) is 13. The zero-order valence-electron chi connectivity index (χ0n) is 36.2. The summed E-state index contributed by atoms with van der Waals surface area (Å²) in [4.78, 5) is 67.8. The highest BCUT2D eigenvalue weighted by molar-refractivity contribution is 7.87. The summed E-state index contributed by atoms with van der Waals surface area (Å²) < 4.78 is 46.9. The van der Waals surface area contributed by atoms with E-state index in [9.17, 15) is 27.6 Å². The summed E-state index contributed by atoms with van der Waals surface area (Å²) in [6, 6.07) is 3.51. The predicted molar refractivity (Wildman–Crippen MR) is 235 cm³/mol. The number of benzene rings is 1. The van der Waals surface area contributed by atoms with Gasteiger partial charge in [0.05, 0.1) is 24.9 Å². The summed E-state index contributed by atoms with van der Waals surface area (Å²) in [5.41, 5.74) is 1.02. The van der Waals surface area contributed by atoms with Gasteiger partial charge in [-0.15, -0.1) is 11.3 Å². The quantitative estimate of drug-likeness (QED) is 0.183. The Bertz CT molecular complexity index is 2310. The lowest BCUT2D eigenvalue weighted by Crippen LogP contribution is -2.58. The van der Waals surface area contributed by atoms with Gasteiger partial charge in [-0.1, -0.05) is 25.0 Å². The number of carbonyl (C=O) groups excluding carboxylic acids is 4. The summed E-state index contributed by atoms with van der Waals surface area (Å²) >= 11 is 1.46. The van der Waals surface area contributed by atoms with Crippen molar-refractivity contribution >= 4 is 61.4 Å². The largest absolute Gasteiger partial charge is 0.496 e. The molecule has 1 saturated heterocycles. The van der Waals surface area contributed by atoms with Crippen molar-refractivity contribution in [1.82, 2.24) is 34.5 Å². The molecule has 336 valence electrons. The first-order chi connectivity index (χ1) is 29.6. The van der Waals surface area contributed by atoms with Crippen LogP contribution in [0.3, 0.4) is 0 Å².